The van der Waals surface area contributed by atoms with Gasteiger partial charge in [0, 0.05) is 30.5 Å². The molecular formula is C15H17N3O5S. The maximum atomic E-state index is 12.1. The van der Waals surface area contributed by atoms with Crippen LogP contribution in [-0.2, 0) is 14.8 Å². The molecule has 9 heteroatoms. The summed E-state index contributed by atoms with van der Waals surface area (Å²) in [4.78, 5) is 13.5. The van der Waals surface area contributed by atoms with Gasteiger partial charge in [-0.3, -0.25) is 9.69 Å². The third-order valence-electron chi connectivity index (χ3n) is 3.82. The van der Waals surface area contributed by atoms with Crippen LogP contribution in [0.2, 0.25) is 0 Å². The van der Waals surface area contributed by atoms with Crippen molar-refractivity contribution in [2.24, 2.45) is 11.1 Å². The van der Waals surface area contributed by atoms with Gasteiger partial charge < -0.3 is 9.26 Å². The van der Waals surface area contributed by atoms with Crippen LogP contribution in [0.4, 0.5) is 5.88 Å². The van der Waals surface area contributed by atoms with Crippen molar-refractivity contribution in [2.45, 2.75) is 6.42 Å². The molecular weight excluding hydrogens is 334 g/mol. The summed E-state index contributed by atoms with van der Waals surface area (Å²) in [6, 6.07) is 8.91. The number of carbonyl (C=O) groups is 1. The number of sulfonamides is 1. The van der Waals surface area contributed by atoms with E-state index in [4.69, 9.17) is 14.4 Å². The zero-order valence-corrected chi connectivity index (χ0v) is 13.8. The van der Waals surface area contributed by atoms with Gasteiger partial charge in [0.25, 0.3) is 0 Å². The van der Waals surface area contributed by atoms with E-state index in [9.17, 15) is 13.2 Å². The fourth-order valence-corrected chi connectivity index (χ4v) is 3.61. The van der Waals surface area contributed by atoms with Gasteiger partial charge in [-0.25, -0.2) is 13.6 Å². The quantitative estimate of drug-likeness (QED) is 0.859. The van der Waals surface area contributed by atoms with Gasteiger partial charge in [0.2, 0.25) is 21.8 Å². The van der Waals surface area contributed by atoms with E-state index in [-0.39, 0.29) is 30.5 Å². The van der Waals surface area contributed by atoms with Gasteiger partial charge in [-0.2, -0.15) is 0 Å². The first-order chi connectivity index (χ1) is 11.4. The Hall–Kier alpha value is -2.39. The predicted octanol–water partition coefficient (Wildman–Crippen LogP) is 0.992. The molecule has 3 rings (SSSR count). The van der Waals surface area contributed by atoms with Crippen LogP contribution in [0.5, 0.6) is 5.75 Å². The SMILES string of the molecule is COc1ccc(-c2cc(N3CC(CS(N)(=O)=O)CC3=O)on2)cc1. The van der Waals surface area contributed by atoms with Gasteiger partial charge in [0.05, 0.1) is 12.9 Å². The zero-order valence-electron chi connectivity index (χ0n) is 13.0. The topological polar surface area (TPSA) is 116 Å². The molecule has 1 amide bonds. The molecule has 0 radical (unpaired) electrons. The Bertz CT molecular complexity index is 844. The number of hydrogen-bond acceptors (Lipinski definition) is 6. The molecule has 8 nitrogen and oxygen atoms in total. The number of rotatable bonds is 5. The highest BCUT2D eigenvalue weighted by atomic mass is 32.2. The second-order valence-corrected chi connectivity index (χ2v) is 7.34. The van der Waals surface area contributed by atoms with Crippen LogP contribution in [0, 0.1) is 5.92 Å². The maximum Gasteiger partial charge on any atom is 0.234 e. The van der Waals surface area contributed by atoms with Crippen LogP contribution < -0.4 is 14.8 Å². The predicted molar refractivity (Wildman–Crippen MR) is 86.9 cm³/mol. The van der Waals surface area contributed by atoms with E-state index in [0.717, 1.165) is 11.3 Å². The highest BCUT2D eigenvalue weighted by Gasteiger charge is 2.34. The molecule has 24 heavy (non-hydrogen) atoms. The third-order valence-corrected chi connectivity index (χ3v) is 4.76. The number of ether oxygens (including phenoxy) is 1. The monoisotopic (exact) mass is 351 g/mol. The molecule has 0 bridgehead atoms. The number of carbonyl (C=O) groups excluding carboxylic acids is 1. The molecule has 2 aromatic rings. The first-order valence-corrected chi connectivity index (χ1v) is 8.99. The van der Waals surface area contributed by atoms with E-state index in [1.807, 2.05) is 12.1 Å². The Kier molecular flexibility index (Phi) is 4.29. The Morgan fingerprint density at radius 1 is 1.38 bits per heavy atom. The summed E-state index contributed by atoms with van der Waals surface area (Å²) in [6.45, 7) is 0.243. The molecule has 0 aliphatic carbocycles. The second-order valence-electron chi connectivity index (χ2n) is 5.68. The maximum absolute atomic E-state index is 12.1. The van der Waals surface area contributed by atoms with Crippen LogP contribution in [0.1, 0.15) is 6.42 Å². The summed E-state index contributed by atoms with van der Waals surface area (Å²) in [6.07, 6.45) is 0.120. The number of nitrogens with zero attached hydrogens (tertiary/aromatic N) is 2. The van der Waals surface area contributed by atoms with E-state index in [1.54, 1.807) is 25.3 Å². The molecule has 1 atom stereocenters. The highest BCUT2D eigenvalue weighted by molar-refractivity contribution is 7.89. The van der Waals surface area contributed by atoms with Crippen LogP contribution in [-0.4, -0.2) is 38.9 Å². The summed E-state index contributed by atoms with van der Waals surface area (Å²) < 4.78 is 32.7. The van der Waals surface area contributed by atoms with Crippen molar-refractivity contribution in [3.8, 4) is 17.0 Å². The van der Waals surface area contributed by atoms with Crippen LogP contribution >= 0.6 is 0 Å². The van der Waals surface area contributed by atoms with E-state index in [0.29, 0.717) is 11.6 Å². The lowest BCUT2D eigenvalue weighted by atomic mass is 10.1. The van der Waals surface area contributed by atoms with Crippen molar-refractivity contribution in [3.63, 3.8) is 0 Å². The number of nitrogens with two attached hydrogens (primary N) is 1. The second kappa shape index (κ2) is 6.25. The number of aromatic nitrogens is 1. The lowest BCUT2D eigenvalue weighted by molar-refractivity contribution is -0.117. The molecule has 2 heterocycles. The molecule has 1 aromatic carbocycles. The molecule has 1 saturated heterocycles. The van der Waals surface area contributed by atoms with Crippen molar-refractivity contribution >= 4 is 21.8 Å². The molecule has 1 aromatic heterocycles. The van der Waals surface area contributed by atoms with Crippen LogP contribution in [0.3, 0.4) is 0 Å². The Labute approximate surface area is 139 Å². The number of methoxy groups -OCH3 is 1. The number of hydrogen-bond donors (Lipinski definition) is 1. The third kappa shape index (κ3) is 3.57. The summed E-state index contributed by atoms with van der Waals surface area (Å²) in [5, 5.41) is 9.01. The minimum absolute atomic E-state index is 0.120. The lowest BCUT2D eigenvalue weighted by Gasteiger charge is -2.11. The van der Waals surface area contributed by atoms with Gasteiger partial charge in [-0.1, -0.05) is 5.16 Å². The number of anilines is 1. The highest BCUT2D eigenvalue weighted by Crippen LogP contribution is 2.30. The van der Waals surface area contributed by atoms with Crippen molar-refractivity contribution in [3.05, 3.63) is 30.3 Å². The first kappa shape index (κ1) is 16.5. The zero-order chi connectivity index (χ0) is 17.3. The molecule has 0 saturated carbocycles. The smallest absolute Gasteiger partial charge is 0.234 e. The van der Waals surface area contributed by atoms with Crippen LogP contribution in [0.15, 0.2) is 34.9 Å². The summed E-state index contributed by atoms with van der Waals surface area (Å²) in [5.41, 5.74) is 1.40. The average Bonchev–Trinajstić information content (AvgIpc) is 3.12. The molecule has 128 valence electrons. The molecule has 2 N–H and O–H groups in total. The lowest BCUT2D eigenvalue weighted by Crippen LogP contribution is -2.27. The van der Waals surface area contributed by atoms with Gasteiger partial charge in [0.15, 0.2) is 0 Å². The minimum Gasteiger partial charge on any atom is -0.497 e. The number of amides is 1. The Morgan fingerprint density at radius 2 is 2.08 bits per heavy atom. The minimum atomic E-state index is -3.62. The Morgan fingerprint density at radius 3 is 2.71 bits per heavy atom. The Balaban J connectivity index is 1.76. The summed E-state index contributed by atoms with van der Waals surface area (Å²) >= 11 is 0. The van der Waals surface area contributed by atoms with Crippen molar-refractivity contribution in [1.82, 2.24) is 5.16 Å². The standard InChI is InChI=1S/C15H17N3O5S/c1-22-12-4-2-11(3-5-12)13-7-15(23-17-13)18-8-10(6-14(18)19)9-24(16,20)21/h2-5,7,10H,6,8-9H2,1H3,(H2,16,20,21). The molecule has 1 aliphatic heterocycles. The average molecular weight is 351 g/mol. The summed E-state index contributed by atoms with van der Waals surface area (Å²) in [7, 11) is -2.03. The summed E-state index contributed by atoms with van der Waals surface area (Å²) in [5.74, 6) is 0.239. The normalized spacial score (nSPS) is 18.2. The van der Waals surface area contributed by atoms with Crippen LogP contribution in [0.25, 0.3) is 11.3 Å². The molecule has 1 aliphatic rings. The van der Waals surface area contributed by atoms with Crippen molar-refractivity contribution < 1.29 is 22.5 Å². The molecule has 1 fully saturated rings. The van der Waals surface area contributed by atoms with E-state index < -0.39 is 10.0 Å². The number of benzene rings is 1. The van der Waals surface area contributed by atoms with Crippen molar-refractivity contribution in [1.29, 1.82) is 0 Å². The van der Waals surface area contributed by atoms with Gasteiger partial charge >= 0.3 is 0 Å². The van der Waals surface area contributed by atoms with Gasteiger partial charge in [-0.05, 0) is 24.3 Å². The fourth-order valence-electron chi connectivity index (χ4n) is 2.73. The number of primary sulfonamides is 1. The van der Waals surface area contributed by atoms with E-state index in [1.165, 1.54) is 4.90 Å². The van der Waals surface area contributed by atoms with E-state index in [2.05, 4.69) is 5.16 Å². The van der Waals surface area contributed by atoms with Gasteiger partial charge in [0.1, 0.15) is 11.4 Å². The molecule has 1 unspecified atom stereocenters. The fraction of sp³-hybridized carbons (Fsp3) is 0.333. The van der Waals surface area contributed by atoms with Crippen molar-refractivity contribution in [2.75, 3.05) is 24.3 Å². The first-order valence-electron chi connectivity index (χ1n) is 7.27. The molecule has 0 spiro atoms. The van der Waals surface area contributed by atoms with E-state index >= 15 is 0 Å². The van der Waals surface area contributed by atoms with Gasteiger partial charge in [-0.15, -0.1) is 0 Å². The largest absolute Gasteiger partial charge is 0.497 e.